The second kappa shape index (κ2) is 6.22. The highest BCUT2D eigenvalue weighted by molar-refractivity contribution is 5.75. The second-order valence-electron chi connectivity index (χ2n) is 5.79. The van der Waals surface area contributed by atoms with Crippen molar-refractivity contribution in [3.05, 3.63) is 36.4 Å². The van der Waals surface area contributed by atoms with E-state index < -0.39 is 0 Å². The minimum absolute atomic E-state index is 0.0417. The van der Waals surface area contributed by atoms with Crippen molar-refractivity contribution >= 4 is 23.1 Å². The lowest BCUT2D eigenvalue weighted by Gasteiger charge is -2.29. The second-order valence-corrected chi connectivity index (χ2v) is 5.79. The van der Waals surface area contributed by atoms with Crippen LogP contribution in [0.3, 0.4) is 0 Å². The summed E-state index contributed by atoms with van der Waals surface area (Å²) >= 11 is 0. The van der Waals surface area contributed by atoms with Gasteiger partial charge in [-0.2, -0.15) is 4.98 Å². The van der Waals surface area contributed by atoms with Gasteiger partial charge >= 0.3 is 5.97 Å². The molecule has 2 heterocycles. The number of para-hydroxylation sites is 2. The van der Waals surface area contributed by atoms with Crippen LogP contribution in [0.2, 0.25) is 0 Å². The minimum atomic E-state index is -0.125. The van der Waals surface area contributed by atoms with Crippen molar-refractivity contribution in [2.45, 2.75) is 19.8 Å². The molecule has 5 heteroatoms. The highest BCUT2D eigenvalue weighted by Gasteiger charge is 2.28. The smallest absolute Gasteiger partial charge is 0.309 e. The quantitative estimate of drug-likeness (QED) is 0.641. The Morgan fingerprint density at radius 1 is 1.41 bits per heavy atom. The predicted octanol–water partition coefficient (Wildman–Crippen LogP) is 3.16. The zero-order valence-corrected chi connectivity index (χ0v) is 12.7. The van der Waals surface area contributed by atoms with E-state index in [0.29, 0.717) is 12.6 Å². The number of hydrogen-bond acceptors (Lipinski definition) is 5. The van der Waals surface area contributed by atoms with Crippen LogP contribution in [0.4, 0.5) is 6.01 Å². The van der Waals surface area contributed by atoms with Crippen molar-refractivity contribution in [1.82, 2.24) is 4.98 Å². The van der Waals surface area contributed by atoms with Crippen molar-refractivity contribution in [3.63, 3.8) is 0 Å². The fourth-order valence-electron chi connectivity index (χ4n) is 2.61. The Morgan fingerprint density at radius 2 is 2.14 bits per heavy atom. The number of anilines is 1. The predicted molar refractivity (Wildman–Crippen MR) is 84.7 cm³/mol. The molecule has 0 bridgehead atoms. The molecule has 1 aliphatic rings. The number of rotatable bonds is 4. The fraction of sp³-hybridized carbons (Fsp3) is 0.412. The van der Waals surface area contributed by atoms with Gasteiger partial charge in [-0.1, -0.05) is 18.7 Å². The lowest BCUT2D eigenvalue weighted by Crippen LogP contribution is -2.37. The number of piperidine rings is 1. The van der Waals surface area contributed by atoms with Gasteiger partial charge in [0.2, 0.25) is 0 Å². The normalized spacial score (nSPS) is 16.0. The molecule has 0 spiro atoms. The monoisotopic (exact) mass is 300 g/mol. The summed E-state index contributed by atoms with van der Waals surface area (Å²) in [5.41, 5.74) is 2.51. The zero-order chi connectivity index (χ0) is 15.5. The van der Waals surface area contributed by atoms with Gasteiger partial charge in [-0.05, 0) is 37.5 Å². The van der Waals surface area contributed by atoms with Gasteiger partial charge in [-0.15, -0.1) is 0 Å². The van der Waals surface area contributed by atoms with Gasteiger partial charge in [-0.25, -0.2) is 0 Å². The van der Waals surface area contributed by atoms with E-state index in [2.05, 4.69) is 16.5 Å². The van der Waals surface area contributed by atoms with Gasteiger partial charge in [0.25, 0.3) is 6.01 Å². The molecule has 0 unspecified atom stereocenters. The third-order valence-electron chi connectivity index (χ3n) is 3.84. The number of nitrogens with zero attached hydrogens (tertiary/aromatic N) is 2. The molecule has 0 saturated carbocycles. The van der Waals surface area contributed by atoms with E-state index in [0.717, 1.165) is 42.6 Å². The van der Waals surface area contributed by atoms with Crippen LogP contribution in [0.5, 0.6) is 0 Å². The van der Waals surface area contributed by atoms with Gasteiger partial charge < -0.3 is 14.1 Å². The van der Waals surface area contributed by atoms with Crippen molar-refractivity contribution in [2.24, 2.45) is 5.92 Å². The maximum atomic E-state index is 12.0. The largest absolute Gasteiger partial charge is 0.461 e. The molecular weight excluding hydrogens is 280 g/mol. The van der Waals surface area contributed by atoms with E-state index in [9.17, 15) is 4.79 Å². The summed E-state index contributed by atoms with van der Waals surface area (Å²) in [7, 11) is 0. The number of carbonyl (C=O) groups excluding carboxylic acids is 1. The van der Waals surface area contributed by atoms with E-state index in [-0.39, 0.29) is 11.9 Å². The molecule has 1 fully saturated rings. The Balaban J connectivity index is 1.59. The molecule has 1 aliphatic heterocycles. The molecule has 0 atom stereocenters. The lowest BCUT2D eigenvalue weighted by atomic mass is 9.97. The number of esters is 1. The summed E-state index contributed by atoms with van der Waals surface area (Å²) in [5, 5.41) is 0. The highest BCUT2D eigenvalue weighted by atomic mass is 16.5. The first-order valence-corrected chi connectivity index (χ1v) is 7.55. The van der Waals surface area contributed by atoms with Crippen molar-refractivity contribution in [2.75, 3.05) is 24.6 Å². The molecule has 1 aromatic heterocycles. The van der Waals surface area contributed by atoms with Crippen molar-refractivity contribution in [1.29, 1.82) is 0 Å². The van der Waals surface area contributed by atoms with Crippen molar-refractivity contribution in [3.8, 4) is 0 Å². The van der Waals surface area contributed by atoms with Crippen LogP contribution in [-0.2, 0) is 9.53 Å². The number of benzene rings is 1. The zero-order valence-electron chi connectivity index (χ0n) is 12.7. The molecule has 2 aromatic rings. The first-order chi connectivity index (χ1) is 10.6. The summed E-state index contributed by atoms with van der Waals surface area (Å²) in [6.45, 7) is 7.40. The van der Waals surface area contributed by atoms with E-state index in [4.69, 9.17) is 9.15 Å². The van der Waals surface area contributed by atoms with Crippen LogP contribution in [0, 0.1) is 5.92 Å². The molecule has 0 amide bonds. The maximum absolute atomic E-state index is 12.0. The Kier molecular flexibility index (Phi) is 4.13. The maximum Gasteiger partial charge on any atom is 0.309 e. The standard InChI is InChI=1S/C17H20N2O3/c1-12(2)11-21-16(20)13-7-9-19(10-8-13)17-18-14-5-3-4-6-15(14)22-17/h3-6,13H,1,7-11H2,2H3. The van der Waals surface area contributed by atoms with Gasteiger partial charge in [0.1, 0.15) is 12.1 Å². The van der Waals surface area contributed by atoms with Crippen LogP contribution < -0.4 is 4.90 Å². The van der Waals surface area contributed by atoms with Crippen molar-refractivity contribution < 1.29 is 13.9 Å². The molecule has 116 valence electrons. The number of hydrogen-bond donors (Lipinski definition) is 0. The topological polar surface area (TPSA) is 55.6 Å². The first kappa shape index (κ1) is 14.6. The first-order valence-electron chi connectivity index (χ1n) is 7.55. The van der Waals surface area contributed by atoms with Crippen LogP contribution in [0.25, 0.3) is 11.1 Å². The number of oxazole rings is 1. The number of aromatic nitrogens is 1. The van der Waals surface area contributed by atoms with E-state index in [1.54, 1.807) is 0 Å². The Morgan fingerprint density at radius 3 is 2.82 bits per heavy atom. The summed E-state index contributed by atoms with van der Waals surface area (Å²) in [6, 6.07) is 8.35. The Bertz CT molecular complexity index is 651. The molecule has 1 saturated heterocycles. The van der Waals surface area contributed by atoms with Gasteiger partial charge in [0.15, 0.2) is 5.58 Å². The van der Waals surface area contributed by atoms with Crippen LogP contribution in [-0.4, -0.2) is 30.6 Å². The number of ether oxygens (including phenoxy) is 1. The highest BCUT2D eigenvalue weighted by Crippen LogP contribution is 2.26. The van der Waals surface area contributed by atoms with Gasteiger partial charge in [0, 0.05) is 13.1 Å². The fourth-order valence-corrected chi connectivity index (χ4v) is 2.61. The summed E-state index contributed by atoms with van der Waals surface area (Å²) in [6.07, 6.45) is 1.52. The van der Waals surface area contributed by atoms with E-state index in [1.807, 2.05) is 31.2 Å². The van der Waals surface area contributed by atoms with Crippen LogP contribution >= 0.6 is 0 Å². The molecule has 22 heavy (non-hydrogen) atoms. The average molecular weight is 300 g/mol. The van der Waals surface area contributed by atoms with Gasteiger partial charge in [-0.3, -0.25) is 4.79 Å². The Labute approximate surface area is 129 Å². The molecular formula is C17H20N2O3. The molecule has 5 nitrogen and oxygen atoms in total. The summed E-state index contributed by atoms with van der Waals surface area (Å²) in [4.78, 5) is 18.5. The molecule has 0 N–H and O–H groups in total. The van der Waals surface area contributed by atoms with E-state index >= 15 is 0 Å². The Hall–Kier alpha value is -2.30. The van der Waals surface area contributed by atoms with Crippen LogP contribution in [0.15, 0.2) is 40.8 Å². The SMILES string of the molecule is C=C(C)COC(=O)C1CCN(c2nc3ccccc3o2)CC1. The van der Waals surface area contributed by atoms with Gasteiger partial charge in [0.05, 0.1) is 5.92 Å². The lowest BCUT2D eigenvalue weighted by molar-refractivity contribution is -0.148. The minimum Gasteiger partial charge on any atom is -0.461 e. The number of fused-ring (bicyclic) bond motifs is 1. The number of carbonyl (C=O) groups is 1. The summed E-state index contributed by atoms with van der Waals surface area (Å²) in [5.74, 6) is -0.166. The molecule has 0 aliphatic carbocycles. The molecule has 1 aromatic carbocycles. The molecule has 3 rings (SSSR count). The average Bonchev–Trinajstić information content (AvgIpc) is 2.96. The third-order valence-corrected chi connectivity index (χ3v) is 3.84. The summed E-state index contributed by atoms with van der Waals surface area (Å²) < 4.78 is 11.0. The van der Waals surface area contributed by atoms with E-state index in [1.165, 1.54) is 0 Å². The van der Waals surface area contributed by atoms with Crippen LogP contribution in [0.1, 0.15) is 19.8 Å². The molecule has 0 radical (unpaired) electrons. The third kappa shape index (κ3) is 3.13.